The molecular weight excluding hydrogens is 390 g/mol. The van der Waals surface area contributed by atoms with Crippen LogP contribution in [0.4, 0.5) is 17.1 Å². The Morgan fingerprint density at radius 2 is 1.54 bits per heavy atom. The Kier molecular flexibility index (Phi) is 6.29. The molecule has 2 aromatic carbocycles. The van der Waals surface area contributed by atoms with E-state index in [2.05, 4.69) is 16.0 Å². The number of nitrogens with one attached hydrogen (secondary N) is 3. The topological polar surface area (TPSA) is 157 Å². The minimum atomic E-state index is -0.887. The van der Waals surface area contributed by atoms with Crippen LogP contribution in [-0.4, -0.2) is 33.8 Å². The second kappa shape index (κ2) is 8.64. The summed E-state index contributed by atoms with van der Waals surface area (Å²) in [5.74, 6) is -1.27. The predicted octanol–water partition coefficient (Wildman–Crippen LogP) is 1.99. The fourth-order valence-corrected chi connectivity index (χ4v) is 2.39. The van der Waals surface area contributed by atoms with Gasteiger partial charge in [0.1, 0.15) is 0 Å². The number of non-ortho nitro benzene ring substituents is 2. The van der Waals surface area contributed by atoms with E-state index in [9.17, 15) is 29.8 Å². The molecule has 0 atom stereocenters. The van der Waals surface area contributed by atoms with Crippen molar-refractivity contribution in [2.24, 2.45) is 0 Å². The number of hydrogen-bond acceptors (Lipinski definition) is 7. The molecule has 0 spiro atoms. The predicted molar refractivity (Wildman–Crippen MR) is 103 cm³/mol. The first-order chi connectivity index (χ1) is 13.2. The number of carbonyl (C=O) groups is 2. The van der Waals surface area contributed by atoms with Gasteiger partial charge in [0.2, 0.25) is 0 Å². The van der Waals surface area contributed by atoms with Crippen molar-refractivity contribution < 1.29 is 19.4 Å². The molecular formula is C16H13N5O6S. The van der Waals surface area contributed by atoms with Gasteiger partial charge in [0, 0.05) is 19.2 Å². The van der Waals surface area contributed by atoms with Crippen LogP contribution in [0.25, 0.3) is 0 Å². The van der Waals surface area contributed by atoms with Gasteiger partial charge in [0.15, 0.2) is 5.11 Å². The number of benzene rings is 2. The molecule has 2 amide bonds. The summed E-state index contributed by atoms with van der Waals surface area (Å²) in [6, 6.07) is 8.90. The van der Waals surface area contributed by atoms with Gasteiger partial charge in [0.05, 0.1) is 32.7 Å². The molecule has 0 bridgehead atoms. The molecule has 0 aromatic heterocycles. The summed E-state index contributed by atoms with van der Waals surface area (Å²) >= 11 is 5.02. The van der Waals surface area contributed by atoms with Gasteiger partial charge in [-0.2, -0.15) is 0 Å². The number of nitro groups is 2. The Hall–Kier alpha value is -3.93. The lowest BCUT2D eigenvalue weighted by Gasteiger charge is -2.12. The molecule has 2 rings (SSSR count). The zero-order valence-corrected chi connectivity index (χ0v) is 15.1. The number of hydrogen-bond donors (Lipinski definition) is 3. The van der Waals surface area contributed by atoms with Gasteiger partial charge < -0.3 is 10.6 Å². The minimum absolute atomic E-state index is 0.199. The fraction of sp³-hybridized carbons (Fsp3) is 0.0625. The monoisotopic (exact) mass is 403 g/mol. The SMILES string of the molecule is CNC(=O)c1ccccc1NC(=S)NC(=O)c1cc([N+](=O)[O-])cc([N+](=O)[O-])c1. The molecule has 2 aromatic rings. The highest BCUT2D eigenvalue weighted by Gasteiger charge is 2.20. The maximum absolute atomic E-state index is 12.3. The molecule has 3 N–H and O–H groups in total. The van der Waals surface area contributed by atoms with E-state index in [1.807, 2.05) is 0 Å². The maximum atomic E-state index is 12.3. The van der Waals surface area contributed by atoms with Gasteiger partial charge in [0.25, 0.3) is 23.2 Å². The smallest absolute Gasteiger partial charge is 0.277 e. The van der Waals surface area contributed by atoms with Gasteiger partial charge in [-0.25, -0.2) is 0 Å². The number of nitro benzene ring substituents is 2. The average Bonchev–Trinajstić information content (AvgIpc) is 2.67. The molecule has 0 aliphatic heterocycles. The summed E-state index contributed by atoms with van der Waals surface area (Å²) in [5, 5.41) is 29.0. The van der Waals surface area contributed by atoms with E-state index in [4.69, 9.17) is 12.2 Å². The molecule has 0 unspecified atom stereocenters. The Morgan fingerprint density at radius 1 is 0.964 bits per heavy atom. The average molecular weight is 403 g/mol. The van der Waals surface area contributed by atoms with Gasteiger partial charge in [-0.3, -0.25) is 35.1 Å². The number of carbonyl (C=O) groups excluding carboxylic acids is 2. The first kappa shape index (κ1) is 20.4. The van der Waals surface area contributed by atoms with Gasteiger partial charge in [-0.05, 0) is 24.4 Å². The molecule has 0 saturated heterocycles. The Labute approximate surface area is 163 Å². The van der Waals surface area contributed by atoms with Gasteiger partial charge in [-0.15, -0.1) is 0 Å². The number of rotatable bonds is 5. The van der Waals surface area contributed by atoms with E-state index in [0.717, 1.165) is 18.2 Å². The van der Waals surface area contributed by atoms with Crippen LogP contribution < -0.4 is 16.0 Å². The highest BCUT2D eigenvalue weighted by atomic mass is 32.1. The van der Waals surface area contributed by atoms with E-state index >= 15 is 0 Å². The van der Waals surface area contributed by atoms with Crippen molar-refractivity contribution >= 4 is 46.2 Å². The highest BCUT2D eigenvalue weighted by Crippen LogP contribution is 2.22. The van der Waals surface area contributed by atoms with Crippen LogP contribution in [-0.2, 0) is 0 Å². The van der Waals surface area contributed by atoms with Crippen molar-refractivity contribution in [2.75, 3.05) is 12.4 Å². The van der Waals surface area contributed by atoms with E-state index in [-0.39, 0.29) is 22.1 Å². The number of thiocarbonyl (C=S) groups is 1. The van der Waals surface area contributed by atoms with Crippen LogP contribution in [0.15, 0.2) is 42.5 Å². The molecule has 144 valence electrons. The molecule has 0 saturated carbocycles. The van der Waals surface area contributed by atoms with Crippen LogP contribution in [0.5, 0.6) is 0 Å². The van der Waals surface area contributed by atoms with Crippen LogP contribution in [0.2, 0.25) is 0 Å². The first-order valence-corrected chi connectivity index (χ1v) is 8.01. The first-order valence-electron chi connectivity index (χ1n) is 7.60. The number of amides is 2. The zero-order chi connectivity index (χ0) is 20.8. The third-order valence-corrected chi connectivity index (χ3v) is 3.66. The lowest BCUT2D eigenvalue weighted by molar-refractivity contribution is -0.394. The molecule has 0 heterocycles. The molecule has 11 nitrogen and oxygen atoms in total. The second-order valence-corrected chi connectivity index (χ2v) is 5.69. The molecule has 12 heteroatoms. The summed E-state index contributed by atoms with van der Waals surface area (Å²) in [4.78, 5) is 44.3. The zero-order valence-electron chi connectivity index (χ0n) is 14.3. The summed E-state index contributed by atoms with van der Waals surface area (Å²) in [6.45, 7) is 0. The third kappa shape index (κ3) is 4.82. The molecule has 0 aliphatic carbocycles. The van der Waals surface area contributed by atoms with E-state index in [1.54, 1.807) is 18.2 Å². The second-order valence-electron chi connectivity index (χ2n) is 5.29. The minimum Gasteiger partial charge on any atom is -0.355 e. The maximum Gasteiger partial charge on any atom is 0.277 e. The molecule has 0 fully saturated rings. The van der Waals surface area contributed by atoms with Crippen molar-refractivity contribution in [3.8, 4) is 0 Å². The quantitative estimate of drug-likeness (QED) is 0.389. The van der Waals surface area contributed by atoms with Crippen LogP contribution in [0.1, 0.15) is 20.7 Å². The number of anilines is 1. The summed E-state index contributed by atoms with van der Waals surface area (Å²) in [6.07, 6.45) is 0. The van der Waals surface area contributed by atoms with Crippen LogP contribution >= 0.6 is 12.2 Å². The van der Waals surface area contributed by atoms with Crippen molar-refractivity contribution in [3.63, 3.8) is 0 Å². The van der Waals surface area contributed by atoms with Crippen molar-refractivity contribution in [1.29, 1.82) is 0 Å². The lowest BCUT2D eigenvalue weighted by Crippen LogP contribution is -2.35. The normalized spacial score (nSPS) is 9.89. The standard InChI is InChI=1S/C16H13N5O6S/c1-17-15(23)12-4-2-3-5-13(12)18-16(28)19-14(22)9-6-10(20(24)25)8-11(7-9)21(26)27/h2-8H,1H3,(H,17,23)(H2,18,19,22,28). The Balaban J connectivity index is 2.22. The largest absolute Gasteiger partial charge is 0.355 e. The van der Waals surface area contributed by atoms with Crippen LogP contribution in [0.3, 0.4) is 0 Å². The van der Waals surface area contributed by atoms with E-state index in [0.29, 0.717) is 5.69 Å². The van der Waals surface area contributed by atoms with Crippen molar-refractivity contribution in [2.45, 2.75) is 0 Å². The lowest BCUT2D eigenvalue weighted by atomic mass is 10.1. The number of para-hydroxylation sites is 1. The molecule has 0 aliphatic rings. The summed E-state index contributed by atoms with van der Waals surface area (Å²) in [5.41, 5.74) is -0.944. The summed E-state index contributed by atoms with van der Waals surface area (Å²) in [7, 11) is 1.45. The van der Waals surface area contributed by atoms with Gasteiger partial charge in [-0.1, -0.05) is 12.1 Å². The highest BCUT2D eigenvalue weighted by molar-refractivity contribution is 7.80. The van der Waals surface area contributed by atoms with Crippen LogP contribution in [0, 0.1) is 20.2 Å². The van der Waals surface area contributed by atoms with Gasteiger partial charge >= 0.3 is 0 Å². The summed E-state index contributed by atoms with van der Waals surface area (Å²) < 4.78 is 0. The van der Waals surface area contributed by atoms with Crippen molar-refractivity contribution in [1.82, 2.24) is 10.6 Å². The molecule has 28 heavy (non-hydrogen) atoms. The van der Waals surface area contributed by atoms with Crippen molar-refractivity contribution in [3.05, 3.63) is 73.8 Å². The van der Waals surface area contributed by atoms with E-state index < -0.39 is 27.1 Å². The Bertz CT molecular complexity index is 961. The van der Waals surface area contributed by atoms with E-state index in [1.165, 1.54) is 13.1 Å². The number of nitrogens with zero attached hydrogens (tertiary/aromatic N) is 2. The fourth-order valence-electron chi connectivity index (χ4n) is 2.19. The Morgan fingerprint density at radius 3 is 2.07 bits per heavy atom. The molecule has 0 radical (unpaired) electrons. The third-order valence-electron chi connectivity index (χ3n) is 3.46.